The van der Waals surface area contributed by atoms with Gasteiger partial charge >= 0.3 is 0 Å². The van der Waals surface area contributed by atoms with Crippen LogP contribution in [0.3, 0.4) is 0 Å². The summed E-state index contributed by atoms with van der Waals surface area (Å²) >= 11 is 0. The molecule has 0 radical (unpaired) electrons. The predicted octanol–water partition coefficient (Wildman–Crippen LogP) is 2.80. The fourth-order valence-electron chi connectivity index (χ4n) is 3.78. The number of aromatic nitrogens is 3. The van der Waals surface area contributed by atoms with Crippen molar-refractivity contribution in [2.45, 2.75) is 25.3 Å². The number of nitrogens with zero attached hydrogens (tertiary/aromatic N) is 4. The fourth-order valence-corrected chi connectivity index (χ4v) is 3.78. The van der Waals surface area contributed by atoms with Crippen LogP contribution in [0.2, 0.25) is 0 Å². The van der Waals surface area contributed by atoms with Crippen LogP contribution >= 0.6 is 0 Å². The Kier molecular flexibility index (Phi) is 5.16. The number of imidazole rings is 1. The molecule has 140 valence electrons. The second-order valence-electron chi connectivity index (χ2n) is 7.35. The molecule has 6 heteroatoms. The molecule has 0 saturated carbocycles. The second kappa shape index (κ2) is 7.88. The molecule has 1 fully saturated rings. The summed E-state index contributed by atoms with van der Waals surface area (Å²) in [7, 11) is 1.99. The molecule has 1 atom stereocenters. The van der Waals surface area contributed by atoms with Gasteiger partial charge in [-0.1, -0.05) is 12.1 Å². The van der Waals surface area contributed by atoms with E-state index in [0.717, 1.165) is 49.3 Å². The number of hydrogen-bond donors (Lipinski definition) is 1. The van der Waals surface area contributed by atoms with Gasteiger partial charge in [0.05, 0.1) is 17.6 Å². The topological polar surface area (TPSA) is 65.1 Å². The lowest BCUT2D eigenvalue weighted by molar-refractivity contribution is -0.133. The van der Waals surface area contributed by atoms with Crippen LogP contribution in [0.5, 0.6) is 0 Å². The molecular weight excluding hydrogens is 338 g/mol. The number of H-pyrrole nitrogens is 1. The minimum Gasteiger partial charge on any atom is -0.342 e. The maximum absolute atomic E-state index is 12.8. The predicted molar refractivity (Wildman–Crippen MR) is 105 cm³/mol. The molecule has 0 bridgehead atoms. The van der Waals surface area contributed by atoms with Gasteiger partial charge in [-0.05, 0) is 49.7 Å². The smallest absolute Gasteiger partial charge is 0.236 e. The Morgan fingerprint density at radius 1 is 1.26 bits per heavy atom. The summed E-state index contributed by atoms with van der Waals surface area (Å²) in [6, 6.07) is 12.1. The van der Waals surface area contributed by atoms with Crippen LogP contribution in [0.25, 0.3) is 11.0 Å². The quantitative estimate of drug-likeness (QED) is 0.757. The third kappa shape index (κ3) is 4.17. The number of likely N-dealkylation sites (N-methyl/N-ethyl adjacent to an activating group) is 1. The lowest BCUT2D eigenvalue weighted by atomic mass is 9.97. The van der Waals surface area contributed by atoms with Crippen LogP contribution in [0.1, 0.15) is 30.1 Å². The van der Waals surface area contributed by atoms with Gasteiger partial charge in [-0.15, -0.1) is 0 Å². The van der Waals surface area contributed by atoms with Gasteiger partial charge in [0.25, 0.3) is 0 Å². The summed E-state index contributed by atoms with van der Waals surface area (Å²) in [6.45, 7) is 2.74. The van der Waals surface area contributed by atoms with E-state index in [-0.39, 0.29) is 11.8 Å². The van der Waals surface area contributed by atoms with Crippen molar-refractivity contribution in [3.05, 3.63) is 60.2 Å². The number of likely N-dealkylation sites (tertiary alicyclic amines) is 1. The van der Waals surface area contributed by atoms with Gasteiger partial charge in [-0.2, -0.15) is 0 Å². The van der Waals surface area contributed by atoms with E-state index >= 15 is 0 Å². The number of hydrogen-bond acceptors (Lipinski definition) is 4. The average Bonchev–Trinajstić information content (AvgIpc) is 3.13. The van der Waals surface area contributed by atoms with Crippen LogP contribution in [0.15, 0.2) is 48.8 Å². The molecule has 1 aliphatic rings. The normalized spacial score (nSPS) is 17.6. The van der Waals surface area contributed by atoms with Crippen molar-refractivity contribution in [3.8, 4) is 0 Å². The van der Waals surface area contributed by atoms with Gasteiger partial charge < -0.3 is 9.88 Å². The Morgan fingerprint density at radius 3 is 2.89 bits per heavy atom. The third-order valence-electron chi connectivity index (χ3n) is 5.18. The highest BCUT2D eigenvalue weighted by Gasteiger charge is 2.27. The van der Waals surface area contributed by atoms with Gasteiger partial charge in [0.1, 0.15) is 5.82 Å². The molecule has 1 N–H and O–H groups in total. The number of carbonyl (C=O) groups excluding carboxylic acids is 1. The van der Waals surface area contributed by atoms with E-state index in [9.17, 15) is 4.79 Å². The summed E-state index contributed by atoms with van der Waals surface area (Å²) in [4.78, 5) is 29.0. The molecule has 1 saturated heterocycles. The van der Waals surface area contributed by atoms with Crippen LogP contribution in [0.4, 0.5) is 0 Å². The molecule has 1 amide bonds. The standard InChI is InChI=1S/C21H25N5O/c1-25(13-16-8-10-22-11-9-16)15-20(27)26-12-4-5-17(14-26)21-23-18-6-2-3-7-19(18)24-21/h2-3,6-11,17H,4-5,12-15H2,1H3,(H,23,24). The number of para-hydroxylation sites is 2. The molecule has 1 aliphatic heterocycles. The van der Waals surface area contributed by atoms with E-state index in [0.29, 0.717) is 6.54 Å². The zero-order valence-corrected chi connectivity index (χ0v) is 15.6. The van der Waals surface area contributed by atoms with Gasteiger partial charge in [-0.3, -0.25) is 14.7 Å². The molecule has 1 aromatic carbocycles. The summed E-state index contributed by atoms with van der Waals surface area (Å²) in [6.07, 6.45) is 5.65. The van der Waals surface area contributed by atoms with Crippen molar-refractivity contribution in [3.63, 3.8) is 0 Å². The number of nitrogens with one attached hydrogen (secondary N) is 1. The zero-order chi connectivity index (χ0) is 18.6. The van der Waals surface area contributed by atoms with E-state index in [4.69, 9.17) is 4.98 Å². The van der Waals surface area contributed by atoms with Crippen molar-refractivity contribution in [2.75, 3.05) is 26.7 Å². The van der Waals surface area contributed by atoms with Crippen LogP contribution in [0, 0.1) is 0 Å². The zero-order valence-electron chi connectivity index (χ0n) is 15.6. The molecule has 4 rings (SSSR count). The number of carbonyl (C=O) groups is 1. The number of amides is 1. The maximum atomic E-state index is 12.8. The van der Waals surface area contributed by atoms with E-state index < -0.39 is 0 Å². The number of benzene rings is 1. The lowest BCUT2D eigenvalue weighted by Gasteiger charge is -2.33. The number of aromatic amines is 1. The first-order chi connectivity index (χ1) is 13.2. The Labute approximate surface area is 159 Å². The van der Waals surface area contributed by atoms with Gasteiger partial charge in [0.15, 0.2) is 0 Å². The Bertz CT molecular complexity index is 874. The number of rotatable bonds is 5. The average molecular weight is 363 g/mol. The highest BCUT2D eigenvalue weighted by Crippen LogP contribution is 2.26. The van der Waals surface area contributed by atoms with E-state index in [2.05, 4.69) is 14.9 Å². The van der Waals surface area contributed by atoms with Crippen LogP contribution < -0.4 is 0 Å². The third-order valence-corrected chi connectivity index (χ3v) is 5.18. The molecular formula is C21H25N5O. The minimum absolute atomic E-state index is 0.187. The van der Waals surface area contributed by atoms with E-state index in [1.165, 1.54) is 5.56 Å². The highest BCUT2D eigenvalue weighted by atomic mass is 16.2. The largest absolute Gasteiger partial charge is 0.342 e. The van der Waals surface area contributed by atoms with Crippen LogP contribution in [-0.2, 0) is 11.3 Å². The Morgan fingerprint density at radius 2 is 2.07 bits per heavy atom. The lowest BCUT2D eigenvalue weighted by Crippen LogP contribution is -2.43. The second-order valence-corrected chi connectivity index (χ2v) is 7.35. The van der Waals surface area contributed by atoms with Gasteiger partial charge in [0, 0.05) is 37.9 Å². The van der Waals surface area contributed by atoms with Crippen molar-refractivity contribution in [1.29, 1.82) is 0 Å². The minimum atomic E-state index is 0.187. The number of pyridine rings is 1. The van der Waals surface area contributed by atoms with E-state index in [1.807, 2.05) is 48.3 Å². The first kappa shape index (κ1) is 17.7. The number of fused-ring (bicyclic) bond motifs is 1. The van der Waals surface area contributed by atoms with Crippen molar-refractivity contribution < 1.29 is 4.79 Å². The molecule has 3 heterocycles. The highest BCUT2D eigenvalue weighted by molar-refractivity contribution is 5.78. The summed E-state index contributed by atoms with van der Waals surface area (Å²) < 4.78 is 0. The fraction of sp³-hybridized carbons (Fsp3) is 0.381. The first-order valence-electron chi connectivity index (χ1n) is 9.49. The SMILES string of the molecule is CN(CC(=O)N1CCCC(c2nc3ccccc3[nH]2)C1)Cc1ccncc1. The molecule has 2 aromatic heterocycles. The Hall–Kier alpha value is -2.73. The molecule has 0 spiro atoms. The molecule has 3 aromatic rings. The van der Waals surface area contributed by atoms with Crippen molar-refractivity contribution in [1.82, 2.24) is 24.8 Å². The first-order valence-corrected chi connectivity index (χ1v) is 9.49. The molecule has 1 unspecified atom stereocenters. The summed E-state index contributed by atoms with van der Waals surface area (Å²) in [5.41, 5.74) is 3.22. The summed E-state index contributed by atoms with van der Waals surface area (Å²) in [5.74, 6) is 1.46. The molecule has 27 heavy (non-hydrogen) atoms. The van der Waals surface area contributed by atoms with Crippen molar-refractivity contribution in [2.24, 2.45) is 0 Å². The maximum Gasteiger partial charge on any atom is 0.236 e. The number of piperidine rings is 1. The summed E-state index contributed by atoms with van der Waals surface area (Å²) in [5, 5.41) is 0. The van der Waals surface area contributed by atoms with Gasteiger partial charge in [0.2, 0.25) is 5.91 Å². The monoisotopic (exact) mass is 363 g/mol. The Balaban J connectivity index is 1.37. The van der Waals surface area contributed by atoms with Crippen molar-refractivity contribution >= 4 is 16.9 Å². The molecule has 0 aliphatic carbocycles. The van der Waals surface area contributed by atoms with Gasteiger partial charge in [-0.25, -0.2) is 4.98 Å². The molecule has 6 nitrogen and oxygen atoms in total. The van der Waals surface area contributed by atoms with E-state index in [1.54, 1.807) is 12.4 Å². The van der Waals surface area contributed by atoms with Crippen LogP contribution in [-0.4, -0.2) is 57.3 Å².